The molecular formula is C16H21N3O2S. The Morgan fingerprint density at radius 3 is 2.82 bits per heavy atom. The van der Waals surface area contributed by atoms with Crippen molar-refractivity contribution in [2.75, 3.05) is 6.54 Å². The normalized spacial score (nSPS) is 14.2. The highest BCUT2D eigenvalue weighted by atomic mass is 32.1. The van der Waals surface area contributed by atoms with Crippen molar-refractivity contribution in [2.45, 2.75) is 26.4 Å². The lowest BCUT2D eigenvalue weighted by atomic mass is 9.99. The predicted octanol–water partition coefficient (Wildman–Crippen LogP) is 2.14. The molecule has 0 aliphatic carbocycles. The Balaban J connectivity index is 1.97. The number of rotatable bonds is 5. The number of carbonyl (C=O) groups excluding carboxylic acids is 1. The SMILES string of the molecule is Cc1nn(C)c(C)c1/C=C/C(=O)NC[C@@](C)(O)c1ccsc1. The Morgan fingerprint density at radius 1 is 1.55 bits per heavy atom. The number of carbonyl (C=O) groups is 1. The highest BCUT2D eigenvalue weighted by Crippen LogP contribution is 2.22. The summed E-state index contributed by atoms with van der Waals surface area (Å²) >= 11 is 1.52. The first-order valence-electron chi connectivity index (χ1n) is 7.02. The highest BCUT2D eigenvalue weighted by Gasteiger charge is 2.23. The van der Waals surface area contributed by atoms with Gasteiger partial charge in [0.05, 0.1) is 12.2 Å². The molecule has 118 valence electrons. The van der Waals surface area contributed by atoms with Crippen molar-refractivity contribution in [3.05, 3.63) is 45.4 Å². The van der Waals surface area contributed by atoms with E-state index >= 15 is 0 Å². The quantitative estimate of drug-likeness (QED) is 0.830. The van der Waals surface area contributed by atoms with Crippen LogP contribution in [0.25, 0.3) is 6.08 Å². The molecule has 2 aromatic rings. The van der Waals surface area contributed by atoms with Crippen LogP contribution in [0.3, 0.4) is 0 Å². The smallest absolute Gasteiger partial charge is 0.244 e. The molecule has 1 amide bonds. The fourth-order valence-electron chi connectivity index (χ4n) is 2.18. The molecule has 0 spiro atoms. The van der Waals surface area contributed by atoms with E-state index in [2.05, 4.69) is 10.4 Å². The standard InChI is InChI=1S/C16H21N3O2S/c1-11-14(12(2)19(4)18-11)5-6-15(20)17-10-16(3,21)13-7-8-22-9-13/h5-9,21H,10H2,1-4H3,(H,17,20)/b6-5+/t16-/m1/s1. The molecule has 22 heavy (non-hydrogen) atoms. The number of nitrogens with zero attached hydrogens (tertiary/aromatic N) is 2. The number of aryl methyl sites for hydroxylation is 2. The summed E-state index contributed by atoms with van der Waals surface area (Å²) in [5.41, 5.74) is 2.58. The first-order chi connectivity index (χ1) is 10.3. The molecule has 5 nitrogen and oxygen atoms in total. The lowest BCUT2D eigenvalue weighted by molar-refractivity contribution is -0.117. The van der Waals surface area contributed by atoms with E-state index in [0.29, 0.717) is 0 Å². The van der Waals surface area contributed by atoms with Crippen molar-refractivity contribution < 1.29 is 9.90 Å². The summed E-state index contributed by atoms with van der Waals surface area (Å²) in [7, 11) is 1.87. The van der Waals surface area contributed by atoms with Crippen LogP contribution in [-0.2, 0) is 17.4 Å². The van der Waals surface area contributed by atoms with E-state index in [0.717, 1.165) is 22.5 Å². The third-order valence-corrected chi connectivity index (χ3v) is 4.40. The van der Waals surface area contributed by atoms with Crippen molar-refractivity contribution in [1.82, 2.24) is 15.1 Å². The van der Waals surface area contributed by atoms with E-state index in [9.17, 15) is 9.90 Å². The van der Waals surface area contributed by atoms with Gasteiger partial charge in [0, 0.05) is 24.4 Å². The first kappa shape index (κ1) is 16.5. The molecule has 0 aliphatic heterocycles. The average Bonchev–Trinajstić information content (AvgIpc) is 3.06. The van der Waals surface area contributed by atoms with Gasteiger partial charge >= 0.3 is 0 Å². The van der Waals surface area contributed by atoms with Crippen LogP contribution in [-0.4, -0.2) is 27.3 Å². The van der Waals surface area contributed by atoms with Crippen molar-refractivity contribution in [3.8, 4) is 0 Å². The molecule has 0 saturated heterocycles. The number of aromatic nitrogens is 2. The number of aliphatic hydroxyl groups is 1. The summed E-state index contributed by atoms with van der Waals surface area (Å²) < 4.78 is 1.79. The van der Waals surface area contributed by atoms with E-state index in [1.54, 1.807) is 17.7 Å². The highest BCUT2D eigenvalue weighted by molar-refractivity contribution is 7.08. The van der Waals surface area contributed by atoms with E-state index < -0.39 is 5.60 Å². The van der Waals surface area contributed by atoms with Gasteiger partial charge in [0.1, 0.15) is 5.60 Å². The van der Waals surface area contributed by atoms with Gasteiger partial charge in [-0.15, -0.1) is 0 Å². The van der Waals surface area contributed by atoms with Crippen molar-refractivity contribution in [2.24, 2.45) is 7.05 Å². The average molecular weight is 319 g/mol. The number of nitrogens with one attached hydrogen (secondary N) is 1. The second-order valence-electron chi connectivity index (χ2n) is 5.55. The Bertz CT molecular complexity index is 685. The second kappa shape index (κ2) is 6.46. The fraction of sp³-hybridized carbons (Fsp3) is 0.375. The van der Waals surface area contributed by atoms with Gasteiger partial charge in [-0.3, -0.25) is 9.48 Å². The van der Waals surface area contributed by atoms with Gasteiger partial charge in [-0.1, -0.05) is 0 Å². The third-order valence-electron chi connectivity index (χ3n) is 3.72. The van der Waals surface area contributed by atoms with E-state index in [4.69, 9.17) is 0 Å². The van der Waals surface area contributed by atoms with Crippen molar-refractivity contribution in [3.63, 3.8) is 0 Å². The minimum atomic E-state index is -1.07. The molecule has 2 N–H and O–H groups in total. The molecular weight excluding hydrogens is 298 g/mol. The molecule has 0 unspecified atom stereocenters. The van der Waals surface area contributed by atoms with Crippen LogP contribution >= 0.6 is 11.3 Å². The zero-order chi connectivity index (χ0) is 16.3. The van der Waals surface area contributed by atoms with Gasteiger partial charge in [-0.25, -0.2) is 0 Å². The van der Waals surface area contributed by atoms with Gasteiger partial charge in [0.15, 0.2) is 0 Å². The molecule has 1 atom stereocenters. The maximum atomic E-state index is 11.9. The lowest BCUT2D eigenvalue weighted by Crippen LogP contribution is -2.37. The fourth-order valence-corrected chi connectivity index (χ4v) is 2.96. The van der Waals surface area contributed by atoms with Crippen LogP contribution in [0.1, 0.15) is 29.4 Å². The van der Waals surface area contributed by atoms with Gasteiger partial charge in [0.25, 0.3) is 0 Å². The molecule has 2 rings (SSSR count). The zero-order valence-electron chi connectivity index (χ0n) is 13.3. The Hall–Kier alpha value is -1.92. The Labute approximate surface area is 134 Å². The van der Waals surface area contributed by atoms with Gasteiger partial charge < -0.3 is 10.4 Å². The molecule has 0 radical (unpaired) electrons. The third kappa shape index (κ3) is 3.64. The van der Waals surface area contributed by atoms with Crippen LogP contribution in [0.5, 0.6) is 0 Å². The first-order valence-corrected chi connectivity index (χ1v) is 7.96. The summed E-state index contributed by atoms with van der Waals surface area (Å²) in [6.45, 7) is 5.72. The van der Waals surface area contributed by atoms with Crippen molar-refractivity contribution >= 4 is 23.3 Å². The minimum Gasteiger partial charge on any atom is -0.384 e. The number of amides is 1. The second-order valence-corrected chi connectivity index (χ2v) is 6.33. The summed E-state index contributed by atoms with van der Waals surface area (Å²) in [5.74, 6) is -0.238. The maximum Gasteiger partial charge on any atom is 0.244 e. The van der Waals surface area contributed by atoms with Crippen LogP contribution in [0.4, 0.5) is 0 Å². The number of thiophene rings is 1. The number of hydrogen-bond acceptors (Lipinski definition) is 4. The topological polar surface area (TPSA) is 67.2 Å². The van der Waals surface area contributed by atoms with Gasteiger partial charge in [-0.2, -0.15) is 16.4 Å². The van der Waals surface area contributed by atoms with Crippen LogP contribution in [0.2, 0.25) is 0 Å². The summed E-state index contributed by atoms with van der Waals surface area (Å²) in [6, 6.07) is 1.86. The predicted molar refractivity (Wildman–Crippen MR) is 88.6 cm³/mol. The van der Waals surface area contributed by atoms with Crippen molar-refractivity contribution in [1.29, 1.82) is 0 Å². The van der Waals surface area contributed by atoms with Gasteiger partial charge in [-0.05, 0) is 49.2 Å². The maximum absolute atomic E-state index is 11.9. The number of hydrogen-bond donors (Lipinski definition) is 2. The summed E-state index contributed by atoms with van der Waals surface area (Å²) in [4.78, 5) is 11.9. The zero-order valence-corrected chi connectivity index (χ0v) is 14.1. The van der Waals surface area contributed by atoms with Crippen LogP contribution in [0, 0.1) is 13.8 Å². The summed E-state index contributed by atoms with van der Waals surface area (Å²) in [5, 5.41) is 21.2. The minimum absolute atomic E-state index is 0.165. The van der Waals surface area contributed by atoms with E-state index in [-0.39, 0.29) is 12.5 Å². The van der Waals surface area contributed by atoms with Crippen LogP contribution < -0.4 is 5.32 Å². The molecule has 0 fully saturated rings. The van der Waals surface area contributed by atoms with Crippen LogP contribution in [0.15, 0.2) is 22.9 Å². The molecule has 0 bridgehead atoms. The van der Waals surface area contributed by atoms with E-state index in [1.807, 2.05) is 37.7 Å². The Kier molecular flexibility index (Phi) is 4.83. The Morgan fingerprint density at radius 2 is 2.27 bits per heavy atom. The molecule has 2 aromatic heterocycles. The molecule has 0 saturated carbocycles. The molecule has 6 heteroatoms. The molecule has 2 heterocycles. The summed E-state index contributed by atoms with van der Waals surface area (Å²) in [6.07, 6.45) is 3.23. The lowest BCUT2D eigenvalue weighted by Gasteiger charge is -2.22. The van der Waals surface area contributed by atoms with Gasteiger partial charge in [0.2, 0.25) is 5.91 Å². The molecule has 0 aliphatic rings. The molecule has 0 aromatic carbocycles. The monoisotopic (exact) mass is 319 g/mol. The van der Waals surface area contributed by atoms with E-state index in [1.165, 1.54) is 17.4 Å². The largest absolute Gasteiger partial charge is 0.384 e.